The topological polar surface area (TPSA) is 59.2 Å². The molecule has 20 heavy (non-hydrogen) atoms. The lowest BCUT2D eigenvalue weighted by molar-refractivity contribution is -0.133. The molecule has 0 aliphatic rings. The number of hydrogen-bond donors (Lipinski definition) is 1. The highest BCUT2D eigenvalue weighted by atomic mass is 16.5. The number of ether oxygens (including phenoxy) is 1. The van der Waals surface area contributed by atoms with Crippen LogP contribution in [0.15, 0.2) is 47.3 Å². The highest BCUT2D eigenvalue weighted by Gasteiger charge is 2.12. The highest BCUT2D eigenvalue weighted by molar-refractivity contribution is 5.96. The number of aromatic nitrogens is 1. The van der Waals surface area contributed by atoms with Gasteiger partial charge in [-0.2, -0.15) is 0 Å². The van der Waals surface area contributed by atoms with Gasteiger partial charge in [-0.1, -0.05) is 25.1 Å². The molecule has 3 rings (SSSR count). The lowest BCUT2D eigenvalue weighted by atomic mass is 10.1. The molecule has 0 aliphatic carbocycles. The average molecular weight is 267 g/mol. The quantitative estimate of drug-likeness (QED) is 0.441. The minimum Gasteiger partial charge on any atom is -0.426 e. The Morgan fingerprint density at radius 2 is 1.85 bits per heavy atom. The van der Waals surface area contributed by atoms with E-state index in [1.165, 1.54) is 0 Å². The molecule has 0 atom stereocenters. The van der Waals surface area contributed by atoms with Crippen molar-refractivity contribution in [1.29, 1.82) is 0 Å². The molecule has 4 heteroatoms. The summed E-state index contributed by atoms with van der Waals surface area (Å²) in [7, 11) is 0. The number of nitrogens with one attached hydrogen (secondary N) is 1. The summed E-state index contributed by atoms with van der Waals surface area (Å²) in [6.07, 6.45) is 0.266. The number of carbonyl (C=O) groups is 1. The van der Waals surface area contributed by atoms with E-state index in [1.54, 1.807) is 31.2 Å². The molecule has 1 N–H and O–H groups in total. The molecule has 1 heterocycles. The van der Waals surface area contributed by atoms with Crippen LogP contribution in [0.5, 0.6) is 5.75 Å². The van der Waals surface area contributed by atoms with Gasteiger partial charge >= 0.3 is 5.97 Å². The minimum atomic E-state index is -0.356. The number of hydrogen-bond acceptors (Lipinski definition) is 3. The number of fused-ring (bicyclic) bond motifs is 2. The fourth-order valence-corrected chi connectivity index (χ4v) is 2.22. The lowest BCUT2D eigenvalue weighted by Gasteiger charge is -2.08. The molecule has 0 bridgehead atoms. The number of rotatable bonds is 2. The Morgan fingerprint density at radius 1 is 1.10 bits per heavy atom. The fourth-order valence-electron chi connectivity index (χ4n) is 2.22. The van der Waals surface area contributed by atoms with Crippen LogP contribution in [0.4, 0.5) is 0 Å². The van der Waals surface area contributed by atoms with Crippen molar-refractivity contribution >= 4 is 27.8 Å². The minimum absolute atomic E-state index is 0.131. The summed E-state index contributed by atoms with van der Waals surface area (Å²) in [6.45, 7) is 1.72. The monoisotopic (exact) mass is 267 g/mol. The number of carbonyl (C=O) groups excluding carboxylic acids is 1. The van der Waals surface area contributed by atoms with Gasteiger partial charge in [-0.25, -0.2) is 0 Å². The third kappa shape index (κ3) is 1.95. The summed E-state index contributed by atoms with van der Waals surface area (Å²) in [5.74, 6) is -0.0496. The molecular formula is C16H13NO3. The maximum absolute atomic E-state index is 12.6. The summed E-state index contributed by atoms with van der Waals surface area (Å²) in [6, 6.07) is 12.5. The van der Waals surface area contributed by atoms with Crippen LogP contribution in [-0.4, -0.2) is 11.0 Å². The first-order valence-electron chi connectivity index (χ1n) is 6.45. The van der Waals surface area contributed by atoms with Gasteiger partial charge in [0.1, 0.15) is 5.75 Å². The smallest absolute Gasteiger partial charge is 0.310 e. The first kappa shape index (κ1) is 12.4. The van der Waals surface area contributed by atoms with Crippen LogP contribution in [0.1, 0.15) is 13.3 Å². The number of aromatic amines is 1. The van der Waals surface area contributed by atoms with E-state index in [0.717, 1.165) is 5.52 Å². The standard InChI is InChI=1S/C16H13NO3/c1-2-14(18)20-13-9-5-8-12-15(13)16(19)10-6-3-4-7-11(10)17-12/h3-9H,2H2,1H3,(H,17,19). The molecule has 3 aromatic rings. The third-order valence-electron chi connectivity index (χ3n) is 3.21. The Hall–Kier alpha value is -2.62. The Kier molecular flexibility index (Phi) is 2.99. The molecule has 100 valence electrons. The molecule has 0 fully saturated rings. The van der Waals surface area contributed by atoms with E-state index in [-0.39, 0.29) is 17.8 Å². The summed E-state index contributed by atoms with van der Waals surface area (Å²) in [5, 5.41) is 0.994. The van der Waals surface area contributed by atoms with E-state index in [2.05, 4.69) is 4.98 Å². The predicted octanol–water partition coefficient (Wildman–Crippen LogP) is 3.00. The van der Waals surface area contributed by atoms with E-state index in [0.29, 0.717) is 22.0 Å². The molecule has 0 saturated carbocycles. The van der Waals surface area contributed by atoms with Gasteiger partial charge in [-0.15, -0.1) is 0 Å². The van der Waals surface area contributed by atoms with E-state index >= 15 is 0 Å². The average Bonchev–Trinajstić information content (AvgIpc) is 2.47. The Bertz CT molecular complexity index is 864. The number of benzene rings is 2. The van der Waals surface area contributed by atoms with Gasteiger partial charge in [0.2, 0.25) is 5.43 Å². The van der Waals surface area contributed by atoms with Crippen molar-refractivity contribution in [2.75, 3.05) is 0 Å². The normalized spacial score (nSPS) is 10.8. The summed E-state index contributed by atoms with van der Waals surface area (Å²) < 4.78 is 5.25. The van der Waals surface area contributed by atoms with Crippen molar-refractivity contribution in [2.45, 2.75) is 13.3 Å². The van der Waals surface area contributed by atoms with Gasteiger partial charge < -0.3 is 9.72 Å². The van der Waals surface area contributed by atoms with Crippen molar-refractivity contribution in [1.82, 2.24) is 4.98 Å². The Morgan fingerprint density at radius 3 is 2.65 bits per heavy atom. The van der Waals surface area contributed by atoms with E-state index in [4.69, 9.17) is 4.74 Å². The van der Waals surface area contributed by atoms with Crippen molar-refractivity contribution in [3.63, 3.8) is 0 Å². The van der Waals surface area contributed by atoms with Crippen molar-refractivity contribution in [3.8, 4) is 5.75 Å². The molecular weight excluding hydrogens is 254 g/mol. The molecule has 2 aromatic carbocycles. The van der Waals surface area contributed by atoms with Gasteiger partial charge in [-0.3, -0.25) is 9.59 Å². The Balaban J connectivity index is 2.35. The molecule has 4 nitrogen and oxygen atoms in total. The lowest BCUT2D eigenvalue weighted by Crippen LogP contribution is -2.10. The molecule has 1 aromatic heterocycles. The number of para-hydroxylation sites is 1. The number of pyridine rings is 1. The third-order valence-corrected chi connectivity index (χ3v) is 3.21. The first-order chi connectivity index (χ1) is 9.70. The van der Waals surface area contributed by atoms with Gasteiger partial charge in [0.15, 0.2) is 0 Å². The fraction of sp³-hybridized carbons (Fsp3) is 0.125. The largest absolute Gasteiger partial charge is 0.426 e. The van der Waals surface area contributed by atoms with Crippen molar-refractivity contribution < 1.29 is 9.53 Å². The maximum atomic E-state index is 12.6. The van der Waals surface area contributed by atoms with Crippen LogP contribution in [0.2, 0.25) is 0 Å². The van der Waals surface area contributed by atoms with E-state index in [9.17, 15) is 9.59 Å². The molecule has 0 spiro atoms. The second-order valence-electron chi connectivity index (χ2n) is 4.51. The molecule has 0 saturated heterocycles. The zero-order valence-corrected chi connectivity index (χ0v) is 11.0. The van der Waals surface area contributed by atoms with Crippen LogP contribution in [0.25, 0.3) is 21.8 Å². The molecule has 0 amide bonds. The van der Waals surface area contributed by atoms with Crippen LogP contribution < -0.4 is 10.2 Å². The van der Waals surface area contributed by atoms with Crippen LogP contribution >= 0.6 is 0 Å². The van der Waals surface area contributed by atoms with Crippen molar-refractivity contribution in [3.05, 3.63) is 52.7 Å². The summed E-state index contributed by atoms with van der Waals surface area (Å²) in [5.41, 5.74) is 1.30. The Labute approximate surface area is 115 Å². The molecule has 0 unspecified atom stereocenters. The van der Waals surface area contributed by atoms with Crippen molar-refractivity contribution in [2.24, 2.45) is 0 Å². The number of esters is 1. The first-order valence-corrected chi connectivity index (χ1v) is 6.45. The summed E-state index contributed by atoms with van der Waals surface area (Å²) >= 11 is 0. The van der Waals surface area contributed by atoms with Gasteiger partial charge in [0.25, 0.3) is 0 Å². The predicted molar refractivity (Wildman–Crippen MR) is 78.0 cm³/mol. The second kappa shape index (κ2) is 4.81. The van der Waals surface area contributed by atoms with Crippen LogP contribution in [-0.2, 0) is 4.79 Å². The second-order valence-corrected chi connectivity index (χ2v) is 4.51. The van der Waals surface area contributed by atoms with Gasteiger partial charge in [0.05, 0.1) is 10.9 Å². The van der Waals surface area contributed by atoms with Crippen LogP contribution in [0, 0.1) is 0 Å². The zero-order chi connectivity index (χ0) is 14.1. The van der Waals surface area contributed by atoms with Gasteiger partial charge in [0, 0.05) is 17.3 Å². The SMILES string of the molecule is CCC(=O)Oc1cccc2[nH]c3ccccc3c(=O)c12. The van der Waals surface area contributed by atoms with Crippen LogP contribution in [0.3, 0.4) is 0 Å². The van der Waals surface area contributed by atoms with Gasteiger partial charge in [-0.05, 0) is 24.3 Å². The summed E-state index contributed by atoms with van der Waals surface area (Å²) in [4.78, 5) is 27.2. The maximum Gasteiger partial charge on any atom is 0.310 e. The van der Waals surface area contributed by atoms with E-state index in [1.807, 2.05) is 18.2 Å². The molecule has 0 radical (unpaired) electrons. The van der Waals surface area contributed by atoms with E-state index < -0.39 is 0 Å². The zero-order valence-electron chi connectivity index (χ0n) is 11.0. The highest BCUT2D eigenvalue weighted by Crippen LogP contribution is 2.24. The number of H-pyrrole nitrogens is 1. The molecule has 0 aliphatic heterocycles.